The Hall–Kier alpha value is -1.84. The number of nitrogens with one attached hydrogen (secondary N) is 2. The van der Waals surface area contributed by atoms with Gasteiger partial charge in [0.2, 0.25) is 11.8 Å². The van der Waals surface area contributed by atoms with Gasteiger partial charge in [-0.15, -0.1) is 0 Å². The van der Waals surface area contributed by atoms with Gasteiger partial charge >= 0.3 is 0 Å². The van der Waals surface area contributed by atoms with Crippen LogP contribution in [0.2, 0.25) is 0 Å². The van der Waals surface area contributed by atoms with Gasteiger partial charge in [-0.3, -0.25) is 9.59 Å². The molecule has 1 aliphatic rings. The van der Waals surface area contributed by atoms with E-state index in [0.29, 0.717) is 6.42 Å². The maximum Gasteiger partial charge on any atom is 0.243 e. The summed E-state index contributed by atoms with van der Waals surface area (Å²) in [6.07, 6.45) is 6.01. The molecule has 0 aromatic heterocycles. The van der Waals surface area contributed by atoms with E-state index >= 15 is 0 Å². The SMILES string of the molecule is CCC1CCC(NC(=O)C(NC(=O)Cc2ccccc2)C(C)C)CC1. The van der Waals surface area contributed by atoms with Gasteiger partial charge in [0.05, 0.1) is 6.42 Å². The molecule has 1 unspecified atom stereocenters. The van der Waals surface area contributed by atoms with Crippen LogP contribution in [0.15, 0.2) is 30.3 Å². The molecule has 138 valence electrons. The lowest BCUT2D eigenvalue weighted by atomic mass is 9.84. The molecule has 1 atom stereocenters. The molecule has 1 saturated carbocycles. The second kappa shape index (κ2) is 9.59. The summed E-state index contributed by atoms with van der Waals surface area (Å²) >= 11 is 0. The maximum absolute atomic E-state index is 12.7. The predicted molar refractivity (Wildman–Crippen MR) is 101 cm³/mol. The van der Waals surface area contributed by atoms with Crippen LogP contribution < -0.4 is 10.6 Å². The van der Waals surface area contributed by atoms with E-state index in [1.807, 2.05) is 44.2 Å². The van der Waals surface area contributed by atoms with Gasteiger partial charge in [-0.2, -0.15) is 0 Å². The molecule has 4 heteroatoms. The standard InChI is InChI=1S/C21H32N2O2/c1-4-16-10-12-18(13-11-16)22-21(25)20(15(2)3)23-19(24)14-17-8-6-5-7-9-17/h5-9,15-16,18,20H,4,10-14H2,1-3H3,(H,22,25)(H,23,24). The van der Waals surface area contributed by atoms with E-state index in [9.17, 15) is 9.59 Å². The lowest BCUT2D eigenvalue weighted by Gasteiger charge is -2.30. The second-order valence-electron chi connectivity index (χ2n) is 7.59. The van der Waals surface area contributed by atoms with Gasteiger partial charge in [-0.25, -0.2) is 0 Å². The Morgan fingerprint density at radius 3 is 2.28 bits per heavy atom. The number of amides is 2. The number of carbonyl (C=O) groups excluding carboxylic acids is 2. The molecule has 2 N–H and O–H groups in total. The molecule has 1 aromatic rings. The van der Waals surface area contributed by atoms with Crippen molar-refractivity contribution in [1.29, 1.82) is 0 Å². The first-order valence-corrected chi connectivity index (χ1v) is 9.63. The Morgan fingerprint density at radius 2 is 1.72 bits per heavy atom. The largest absolute Gasteiger partial charge is 0.352 e. The molecule has 25 heavy (non-hydrogen) atoms. The van der Waals surface area contributed by atoms with Gasteiger partial charge in [-0.1, -0.05) is 57.5 Å². The first-order chi connectivity index (χ1) is 12.0. The fourth-order valence-electron chi connectivity index (χ4n) is 3.55. The molecule has 2 rings (SSSR count). The number of benzene rings is 1. The monoisotopic (exact) mass is 344 g/mol. The molecular weight excluding hydrogens is 312 g/mol. The van der Waals surface area contributed by atoms with Gasteiger partial charge in [0.25, 0.3) is 0 Å². The Morgan fingerprint density at radius 1 is 1.08 bits per heavy atom. The first kappa shape index (κ1) is 19.5. The molecule has 0 saturated heterocycles. The number of hydrogen-bond acceptors (Lipinski definition) is 2. The Bertz CT molecular complexity index is 548. The minimum atomic E-state index is -0.472. The van der Waals surface area contributed by atoms with E-state index in [-0.39, 0.29) is 23.8 Å². The zero-order valence-electron chi connectivity index (χ0n) is 15.8. The molecule has 0 radical (unpaired) electrons. The third-order valence-electron chi connectivity index (χ3n) is 5.24. The van der Waals surface area contributed by atoms with Crippen molar-refractivity contribution in [3.8, 4) is 0 Å². The van der Waals surface area contributed by atoms with Crippen molar-refractivity contribution < 1.29 is 9.59 Å². The van der Waals surface area contributed by atoms with Gasteiger partial charge < -0.3 is 10.6 Å². The van der Waals surface area contributed by atoms with Crippen LogP contribution in [-0.2, 0) is 16.0 Å². The minimum absolute atomic E-state index is 0.0450. The molecular formula is C21H32N2O2. The molecule has 0 bridgehead atoms. The quantitative estimate of drug-likeness (QED) is 0.796. The highest BCUT2D eigenvalue weighted by molar-refractivity contribution is 5.88. The summed E-state index contributed by atoms with van der Waals surface area (Å²) in [4.78, 5) is 25.0. The van der Waals surface area contributed by atoms with Crippen LogP contribution >= 0.6 is 0 Å². The molecule has 0 heterocycles. The van der Waals surface area contributed by atoms with Crippen molar-refractivity contribution in [2.75, 3.05) is 0 Å². The molecule has 0 aliphatic heterocycles. The Balaban J connectivity index is 1.86. The summed E-state index contributed by atoms with van der Waals surface area (Å²) in [5.41, 5.74) is 0.959. The van der Waals surface area contributed by atoms with E-state index in [1.54, 1.807) is 0 Å². The summed E-state index contributed by atoms with van der Waals surface area (Å²) in [5.74, 6) is 0.720. The summed E-state index contributed by atoms with van der Waals surface area (Å²) in [6.45, 7) is 6.18. The lowest BCUT2D eigenvalue weighted by Crippen LogP contribution is -2.52. The molecule has 1 aliphatic carbocycles. The summed E-state index contributed by atoms with van der Waals surface area (Å²) in [6, 6.07) is 9.40. The average Bonchev–Trinajstić information content (AvgIpc) is 2.61. The number of carbonyl (C=O) groups is 2. The summed E-state index contributed by atoms with van der Waals surface area (Å²) in [7, 11) is 0. The smallest absolute Gasteiger partial charge is 0.243 e. The van der Waals surface area contributed by atoms with Crippen molar-refractivity contribution >= 4 is 11.8 Å². The molecule has 1 fully saturated rings. The first-order valence-electron chi connectivity index (χ1n) is 9.63. The van der Waals surface area contributed by atoms with E-state index in [4.69, 9.17) is 0 Å². The molecule has 4 nitrogen and oxygen atoms in total. The van der Waals surface area contributed by atoms with E-state index in [0.717, 1.165) is 24.3 Å². The van der Waals surface area contributed by atoms with E-state index in [1.165, 1.54) is 19.3 Å². The number of rotatable bonds is 7. The van der Waals surface area contributed by atoms with Gasteiger partial charge in [0.1, 0.15) is 6.04 Å². The zero-order valence-corrected chi connectivity index (χ0v) is 15.8. The van der Waals surface area contributed by atoms with E-state index < -0.39 is 6.04 Å². The van der Waals surface area contributed by atoms with Crippen molar-refractivity contribution in [2.45, 2.75) is 71.4 Å². The van der Waals surface area contributed by atoms with Gasteiger partial charge in [0.15, 0.2) is 0 Å². The van der Waals surface area contributed by atoms with Crippen molar-refractivity contribution in [3.63, 3.8) is 0 Å². The van der Waals surface area contributed by atoms with E-state index in [2.05, 4.69) is 17.6 Å². The molecule has 0 spiro atoms. The fraction of sp³-hybridized carbons (Fsp3) is 0.619. The van der Waals surface area contributed by atoms with Gasteiger partial charge in [0, 0.05) is 6.04 Å². The Labute approximate surface area is 151 Å². The highest BCUT2D eigenvalue weighted by Crippen LogP contribution is 2.26. The normalized spacial score (nSPS) is 21.6. The highest BCUT2D eigenvalue weighted by Gasteiger charge is 2.28. The van der Waals surface area contributed by atoms with Crippen molar-refractivity contribution in [1.82, 2.24) is 10.6 Å². The number of hydrogen-bond donors (Lipinski definition) is 2. The molecule has 2 amide bonds. The summed E-state index contributed by atoms with van der Waals surface area (Å²) in [5, 5.41) is 6.08. The van der Waals surface area contributed by atoms with Crippen LogP contribution in [0.3, 0.4) is 0 Å². The van der Waals surface area contributed by atoms with Crippen LogP contribution in [0, 0.1) is 11.8 Å². The van der Waals surface area contributed by atoms with Crippen LogP contribution in [0.25, 0.3) is 0 Å². The minimum Gasteiger partial charge on any atom is -0.352 e. The van der Waals surface area contributed by atoms with Crippen LogP contribution in [-0.4, -0.2) is 23.9 Å². The Kier molecular flexibility index (Phi) is 7.48. The third kappa shape index (κ3) is 6.18. The molecule has 1 aromatic carbocycles. The lowest BCUT2D eigenvalue weighted by molar-refractivity contribution is -0.130. The van der Waals surface area contributed by atoms with Crippen molar-refractivity contribution in [3.05, 3.63) is 35.9 Å². The topological polar surface area (TPSA) is 58.2 Å². The van der Waals surface area contributed by atoms with Crippen LogP contribution in [0.4, 0.5) is 0 Å². The zero-order chi connectivity index (χ0) is 18.2. The van der Waals surface area contributed by atoms with Crippen molar-refractivity contribution in [2.24, 2.45) is 11.8 Å². The maximum atomic E-state index is 12.7. The van der Waals surface area contributed by atoms with Crippen LogP contribution in [0.1, 0.15) is 58.4 Å². The predicted octanol–water partition coefficient (Wildman–Crippen LogP) is 3.45. The highest BCUT2D eigenvalue weighted by atomic mass is 16.2. The fourth-order valence-corrected chi connectivity index (χ4v) is 3.55. The van der Waals surface area contributed by atoms with Crippen LogP contribution in [0.5, 0.6) is 0 Å². The summed E-state index contributed by atoms with van der Waals surface area (Å²) < 4.78 is 0. The average molecular weight is 344 g/mol. The third-order valence-corrected chi connectivity index (χ3v) is 5.24. The second-order valence-corrected chi connectivity index (χ2v) is 7.59. The van der Waals surface area contributed by atoms with Gasteiger partial charge in [-0.05, 0) is 43.1 Å².